The van der Waals surface area contributed by atoms with Crippen LogP contribution in [0.15, 0.2) is 18.2 Å². The largest absolute Gasteiger partial charge is 0.450 e. The highest BCUT2D eigenvalue weighted by Gasteiger charge is 2.23. The van der Waals surface area contributed by atoms with Gasteiger partial charge in [-0.2, -0.15) is 0 Å². The second-order valence-corrected chi connectivity index (χ2v) is 5.08. The Labute approximate surface area is 123 Å². The van der Waals surface area contributed by atoms with Crippen molar-refractivity contribution >= 4 is 6.09 Å². The van der Waals surface area contributed by atoms with Crippen LogP contribution in [-0.2, 0) is 11.3 Å². The van der Waals surface area contributed by atoms with Crippen LogP contribution in [0.2, 0.25) is 0 Å². The summed E-state index contributed by atoms with van der Waals surface area (Å²) in [5.41, 5.74) is 0.448. The molecule has 4 nitrogen and oxygen atoms in total. The lowest BCUT2D eigenvalue weighted by Gasteiger charge is -2.31. The molecule has 0 saturated carbocycles. The van der Waals surface area contributed by atoms with Crippen LogP contribution in [0.5, 0.6) is 0 Å². The van der Waals surface area contributed by atoms with E-state index in [4.69, 9.17) is 4.74 Å². The Morgan fingerprint density at radius 1 is 1.38 bits per heavy atom. The molecule has 1 aliphatic heterocycles. The fourth-order valence-corrected chi connectivity index (χ4v) is 2.40. The first kappa shape index (κ1) is 15.7. The van der Waals surface area contributed by atoms with Gasteiger partial charge >= 0.3 is 6.09 Å². The second-order valence-electron chi connectivity index (χ2n) is 5.08. The minimum absolute atomic E-state index is 0.222. The zero-order valence-corrected chi connectivity index (χ0v) is 12.1. The zero-order valence-electron chi connectivity index (χ0n) is 12.1. The molecule has 1 aromatic carbocycles. The fourth-order valence-electron chi connectivity index (χ4n) is 2.40. The fraction of sp³-hybridized carbons (Fsp3) is 0.533. The molecule has 0 spiro atoms. The Morgan fingerprint density at radius 3 is 2.71 bits per heavy atom. The lowest BCUT2D eigenvalue weighted by atomic mass is 10.0. The summed E-state index contributed by atoms with van der Waals surface area (Å²) in [6.45, 7) is 3.77. The Hall–Kier alpha value is -1.69. The predicted octanol–water partition coefficient (Wildman–Crippen LogP) is 2.68. The zero-order chi connectivity index (χ0) is 15.2. The lowest BCUT2D eigenvalue weighted by Crippen LogP contribution is -2.45. The number of piperidine rings is 1. The van der Waals surface area contributed by atoms with Crippen molar-refractivity contribution in [2.75, 3.05) is 19.7 Å². The molecule has 0 aromatic heterocycles. The third kappa shape index (κ3) is 4.39. The first-order chi connectivity index (χ1) is 10.1. The Kier molecular flexibility index (Phi) is 5.50. The molecule has 1 N–H and O–H groups in total. The van der Waals surface area contributed by atoms with Crippen LogP contribution >= 0.6 is 0 Å². The molecule has 0 bridgehead atoms. The number of hydrogen-bond donors (Lipinski definition) is 1. The lowest BCUT2D eigenvalue weighted by molar-refractivity contribution is 0.0950. The van der Waals surface area contributed by atoms with Crippen LogP contribution < -0.4 is 5.32 Å². The molecular weight excluding hydrogens is 278 g/mol. The molecule has 0 atom stereocenters. The van der Waals surface area contributed by atoms with Gasteiger partial charge in [-0.15, -0.1) is 0 Å². The number of carbonyl (C=O) groups excluding carboxylic acids is 1. The van der Waals surface area contributed by atoms with Crippen molar-refractivity contribution in [2.24, 2.45) is 0 Å². The number of hydrogen-bond acceptors (Lipinski definition) is 3. The third-order valence-corrected chi connectivity index (χ3v) is 3.62. The molecule has 0 radical (unpaired) electrons. The van der Waals surface area contributed by atoms with E-state index in [9.17, 15) is 13.6 Å². The number of benzene rings is 1. The molecule has 1 heterocycles. The molecule has 21 heavy (non-hydrogen) atoms. The first-order valence-corrected chi connectivity index (χ1v) is 7.19. The number of likely N-dealkylation sites (tertiary alicyclic amines) is 1. The minimum Gasteiger partial charge on any atom is -0.450 e. The van der Waals surface area contributed by atoms with Gasteiger partial charge in [0.2, 0.25) is 0 Å². The van der Waals surface area contributed by atoms with Gasteiger partial charge in [0.05, 0.1) is 6.61 Å². The van der Waals surface area contributed by atoms with Gasteiger partial charge in [-0.1, -0.05) is 6.07 Å². The number of rotatable bonds is 4. The van der Waals surface area contributed by atoms with Crippen LogP contribution in [-0.4, -0.2) is 36.7 Å². The summed E-state index contributed by atoms with van der Waals surface area (Å²) in [6, 6.07) is 3.81. The molecule has 1 fully saturated rings. The van der Waals surface area contributed by atoms with Crippen molar-refractivity contribution in [1.29, 1.82) is 0 Å². The van der Waals surface area contributed by atoms with E-state index in [-0.39, 0.29) is 12.1 Å². The van der Waals surface area contributed by atoms with E-state index in [0.717, 1.165) is 18.9 Å². The van der Waals surface area contributed by atoms with E-state index >= 15 is 0 Å². The number of carbonyl (C=O) groups is 1. The minimum atomic E-state index is -0.570. The van der Waals surface area contributed by atoms with Gasteiger partial charge in [0.25, 0.3) is 0 Å². The number of nitrogens with one attached hydrogen (secondary N) is 1. The molecule has 0 aliphatic carbocycles. The molecule has 1 aliphatic rings. The number of halogens is 2. The Balaban J connectivity index is 1.77. The molecule has 1 aromatic rings. The van der Waals surface area contributed by atoms with Crippen molar-refractivity contribution in [1.82, 2.24) is 10.2 Å². The maximum atomic E-state index is 13.5. The Bertz CT molecular complexity index is 489. The van der Waals surface area contributed by atoms with E-state index in [1.807, 2.05) is 0 Å². The van der Waals surface area contributed by atoms with E-state index in [1.54, 1.807) is 11.8 Å². The molecule has 2 rings (SSSR count). The average molecular weight is 298 g/mol. The van der Waals surface area contributed by atoms with E-state index in [2.05, 4.69) is 5.32 Å². The highest BCUT2D eigenvalue weighted by molar-refractivity contribution is 5.67. The first-order valence-electron chi connectivity index (χ1n) is 7.19. The highest BCUT2D eigenvalue weighted by Crippen LogP contribution is 2.14. The Morgan fingerprint density at radius 2 is 2.10 bits per heavy atom. The normalized spacial score (nSPS) is 16.0. The van der Waals surface area contributed by atoms with Crippen molar-refractivity contribution in [2.45, 2.75) is 32.4 Å². The van der Waals surface area contributed by atoms with Gasteiger partial charge in [0, 0.05) is 37.3 Å². The van der Waals surface area contributed by atoms with Gasteiger partial charge < -0.3 is 15.0 Å². The molecule has 6 heteroatoms. The average Bonchev–Trinajstić information content (AvgIpc) is 2.47. The van der Waals surface area contributed by atoms with Gasteiger partial charge in [0.1, 0.15) is 11.6 Å². The summed E-state index contributed by atoms with van der Waals surface area (Å²) in [6.07, 6.45) is 1.31. The maximum Gasteiger partial charge on any atom is 0.409 e. The number of amides is 1. The third-order valence-electron chi connectivity index (χ3n) is 3.62. The summed E-state index contributed by atoms with van der Waals surface area (Å²) in [4.78, 5) is 13.2. The summed E-state index contributed by atoms with van der Waals surface area (Å²) in [5.74, 6) is -1.11. The molecule has 116 valence electrons. The van der Waals surface area contributed by atoms with Crippen LogP contribution in [0.4, 0.5) is 13.6 Å². The number of nitrogens with zero attached hydrogens (tertiary/aromatic N) is 1. The van der Waals surface area contributed by atoms with Crippen LogP contribution in [0, 0.1) is 11.6 Å². The van der Waals surface area contributed by atoms with E-state index in [1.165, 1.54) is 12.1 Å². The van der Waals surface area contributed by atoms with Gasteiger partial charge in [-0.05, 0) is 25.8 Å². The van der Waals surface area contributed by atoms with Crippen molar-refractivity contribution in [3.63, 3.8) is 0 Å². The summed E-state index contributed by atoms with van der Waals surface area (Å²) < 4.78 is 31.3. The summed E-state index contributed by atoms with van der Waals surface area (Å²) in [7, 11) is 0. The molecule has 0 unspecified atom stereocenters. The SMILES string of the molecule is CCOC(=O)N1CCC(NCc2ccc(F)cc2F)CC1. The highest BCUT2D eigenvalue weighted by atomic mass is 19.1. The molecular formula is C15H20F2N2O2. The smallest absolute Gasteiger partial charge is 0.409 e. The van der Waals surface area contributed by atoms with Crippen LogP contribution in [0.3, 0.4) is 0 Å². The molecule has 1 amide bonds. The quantitative estimate of drug-likeness (QED) is 0.929. The topological polar surface area (TPSA) is 41.6 Å². The monoisotopic (exact) mass is 298 g/mol. The summed E-state index contributed by atoms with van der Waals surface area (Å²) >= 11 is 0. The standard InChI is InChI=1S/C15H20F2N2O2/c1-2-21-15(20)19-7-5-13(6-8-19)18-10-11-3-4-12(16)9-14(11)17/h3-4,9,13,18H,2,5-8,10H2,1H3. The second kappa shape index (κ2) is 7.36. The van der Waals surface area contributed by atoms with Crippen molar-refractivity contribution in [3.05, 3.63) is 35.4 Å². The van der Waals surface area contributed by atoms with Crippen LogP contribution in [0.25, 0.3) is 0 Å². The van der Waals surface area contributed by atoms with Crippen LogP contribution in [0.1, 0.15) is 25.3 Å². The molecule has 1 saturated heterocycles. The van der Waals surface area contributed by atoms with Crippen molar-refractivity contribution in [3.8, 4) is 0 Å². The van der Waals surface area contributed by atoms with Gasteiger partial charge in [-0.3, -0.25) is 0 Å². The van der Waals surface area contributed by atoms with E-state index < -0.39 is 11.6 Å². The van der Waals surface area contributed by atoms with Gasteiger partial charge in [0.15, 0.2) is 0 Å². The van der Waals surface area contributed by atoms with Gasteiger partial charge in [-0.25, -0.2) is 13.6 Å². The number of ether oxygens (including phenoxy) is 1. The van der Waals surface area contributed by atoms with Crippen molar-refractivity contribution < 1.29 is 18.3 Å². The summed E-state index contributed by atoms with van der Waals surface area (Å²) in [5, 5.41) is 3.25. The predicted molar refractivity (Wildman–Crippen MR) is 74.8 cm³/mol. The van der Waals surface area contributed by atoms with E-state index in [0.29, 0.717) is 31.8 Å². The maximum absolute atomic E-state index is 13.5.